The van der Waals surface area contributed by atoms with Crippen molar-refractivity contribution in [3.05, 3.63) is 10.6 Å². The summed E-state index contributed by atoms with van der Waals surface area (Å²) in [7, 11) is 1.13. The van der Waals surface area contributed by atoms with Crippen molar-refractivity contribution in [2.75, 3.05) is 12.2 Å². The van der Waals surface area contributed by atoms with Gasteiger partial charge in [0.05, 0.1) is 0 Å². The van der Waals surface area contributed by atoms with Crippen LogP contribution in [0, 0.1) is 0 Å². The summed E-state index contributed by atoms with van der Waals surface area (Å²) < 4.78 is 12.4. The fraction of sp³-hybridized carbons (Fsp3) is 0.250. The SMILES string of the molecule is CN(F)c1nc(Cl)nc(Cl)n1. The molecule has 1 heterocycles. The summed E-state index contributed by atoms with van der Waals surface area (Å²) in [6, 6.07) is 0. The molecule has 7 heteroatoms. The Labute approximate surface area is 71.9 Å². The molecule has 0 radical (unpaired) electrons. The summed E-state index contributed by atoms with van der Waals surface area (Å²) in [6.07, 6.45) is 0. The fourth-order valence-corrected chi connectivity index (χ4v) is 0.809. The minimum absolute atomic E-state index is 0.135. The van der Waals surface area contributed by atoms with Gasteiger partial charge in [-0.15, -0.1) is 0 Å². The molecule has 0 atom stereocenters. The maximum Gasteiger partial charge on any atom is 0.259 e. The third-order valence-corrected chi connectivity index (χ3v) is 1.18. The maximum absolute atomic E-state index is 12.4. The first-order valence-corrected chi connectivity index (χ1v) is 3.32. The van der Waals surface area contributed by atoms with Crippen LogP contribution in [0.4, 0.5) is 10.4 Å². The molecule has 1 rings (SSSR count). The number of hydrogen-bond acceptors (Lipinski definition) is 4. The molecule has 0 spiro atoms. The highest BCUT2D eigenvalue weighted by Crippen LogP contribution is 2.12. The molecule has 1 aromatic rings. The van der Waals surface area contributed by atoms with E-state index in [9.17, 15) is 4.48 Å². The third-order valence-electron chi connectivity index (χ3n) is 0.845. The molecule has 0 amide bonds. The average molecular weight is 197 g/mol. The van der Waals surface area contributed by atoms with Crippen molar-refractivity contribution < 1.29 is 4.48 Å². The molecule has 0 fully saturated rings. The molecule has 60 valence electrons. The lowest BCUT2D eigenvalue weighted by atomic mass is 10.9. The predicted octanol–water partition coefficient (Wildman–Crippen LogP) is 1.50. The topological polar surface area (TPSA) is 41.9 Å². The lowest BCUT2D eigenvalue weighted by Gasteiger charge is -2.03. The van der Waals surface area contributed by atoms with Crippen LogP contribution >= 0.6 is 23.2 Å². The zero-order valence-corrected chi connectivity index (χ0v) is 6.93. The second kappa shape index (κ2) is 3.15. The van der Waals surface area contributed by atoms with Crippen LogP contribution < -0.4 is 5.12 Å². The number of halogens is 3. The largest absolute Gasteiger partial charge is 0.259 e. The van der Waals surface area contributed by atoms with Gasteiger partial charge in [-0.3, -0.25) is 0 Å². The Morgan fingerprint density at radius 1 is 1.18 bits per heavy atom. The Kier molecular flexibility index (Phi) is 2.41. The van der Waals surface area contributed by atoms with Crippen molar-refractivity contribution in [3.8, 4) is 0 Å². The van der Waals surface area contributed by atoms with Crippen molar-refractivity contribution in [3.63, 3.8) is 0 Å². The van der Waals surface area contributed by atoms with E-state index >= 15 is 0 Å². The van der Waals surface area contributed by atoms with E-state index in [0.29, 0.717) is 0 Å². The minimum atomic E-state index is -0.213. The van der Waals surface area contributed by atoms with Crippen molar-refractivity contribution >= 4 is 29.2 Å². The van der Waals surface area contributed by atoms with Crippen LogP contribution in [0.5, 0.6) is 0 Å². The van der Waals surface area contributed by atoms with Gasteiger partial charge in [0.1, 0.15) is 0 Å². The second-order valence-corrected chi connectivity index (χ2v) is 2.33. The molecule has 0 aromatic carbocycles. The lowest BCUT2D eigenvalue weighted by Crippen LogP contribution is -2.08. The number of rotatable bonds is 1. The van der Waals surface area contributed by atoms with Gasteiger partial charge >= 0.3 is 0 Å². The zero-order chi connectivity index (χ0) is 8.43. The van der Waals surface area contributed by atoms with Gasteiger partial charge in [-0.25, -0.2) is 0 Å². The summed E-state index contributed by atoms with van der Waals surface area (Å²) in [5, 5.41) is -0.0756. The van der Waals surface area contributed by atoms with Crippen LogP contribution in [0.25, 0.3) is 0 Å². The van der Waals surface area contributed by atoms with Gasteiger partial charge in [0.15, 0.2) is 0 Å². The number of hydrogen-bond donors (Lipinski definition) is 0. The summed E-state index contributed by atoms with van der Waals surface area (Å²) in [4.78, 5) is 10.3. The van der Waals surface area contributed by atoms with Crippen molar-refractivity contribution in [1.82, 2.24) is 15.0 Å². The predicted molar refractivity (Wildman–Crippen MR) is 39.4 cm³/mol. The average Bonchev–Trinajstić information content (AvgIpc) is 1.85. The molecule has 0 unspecified atom stereocenters. The molecular weight excluding hydrogens is 194 g/mol. The van der Waals surface area contributed by atoms with Crippen LogP contribution in [0.1, 0.15) is 0 Å². The highest BCUT2D eigenvalue weighted by Gasteiger charge is 2.06. The van der Waals surface area contributed by atoms with Crippen LogP contribution in [0.2, 0.25) is 10.6 Å². The van der Waals surface area contributed by atoms with Gasteiger partial charge in [-0.1, -0.05) is 4.48 Å². The first-order chi connectivity index (χ1) is 5.09. The highest BCUT2D eigenvalue weighted by atomic mass is 35.5. The van der Waals surface area contributed by atoms with Gasteiger partial charge in [0, 0.05) is 7.05 Å². The van der Waals surface area contributed by atoms with Gasteiger partial charge in [-0.2, -0.15) is 20.1 Å². The van der Waals surface area contributed by atoms with Gasteiger partial charge in [0.2, 0.25) is 10.6 Å². The molecule has 11 heavy (non-hydrogen) atoms. The number of nitrogens with zero attached hydrogens (tertiary/aromatic N) is 4. The molecule has 1 aromatic heterocycles. The van der Waals surface area contributed by atoms with Gasteiger partial charge < -0.3 is 0 Å². The van der Waals surface area contributed by atoms with Crippen molar-refractivity contribution in [2.45, 2.75) is 0 Å². The summed E-state index contributed by atoms with van der Waals surface area (Å²) in [5.41, 5.74) is 0. The van der Waals surface area contributed by atoms with Gasteiger partial charge in [-0.05, 0) is 23.2 Å². The molecule has 0 saturated heterocycles. The first kappa shape index (κ1) is 8.42. The molecule has 0 saturated carbocycles. The van der Waals surface area contributed by atoms with Crippen molar-refractivity contribution in [1.29, 1.82) is 0 Å². The summed E-state index contributed by atoms with van der Waals surface area (Å²) >= 11 is 10.7. The van der Waals surface area contributed by atoms with E-state index in [2.05, 4.69) is 15.0 Å². The van der Waals surface area contributed by atoms with Crippen LogP contribution in [0.15, 0.2) is 0 Å². The van der Waals surface area contributed by atoms with Gasteiger partial charge in [0.25, 0.3) is 5.95 Å². The zero-order valence-electron chi connectivity index (χ0n) is 5.42. The Morgan fingerprint density at radius 3 is 2.00 bits per heavy atom. The molecule has 0 bridgehead atoms. The molecule has 4 nitrogen and oxygen atoms in total. The molecule has 0 aliphatic rings. The fourth-order valence-electron chi connectivity index (χ4n) is 0.454. The van der Waals surface area contributed by atoms with Crippen molar-refractivity contribution in [2.24, 2.45) is 0 Å². The molecular formula is C4H3Cl2FN4. The van der Waals surface area contributed by atoms with E-state index < -0.39 is 0 Å². The lowest BCUT2D eigenvalue weighted by molar-refractivity contribution is 0.462. The standard InChI is InChI=1S/C4H3Cl2FN4/c1-11(7)4-9-2(5)8-3(6)10-4/h1H3. The van der Waals surface area contributed by atoms with E-state index in [1.165, 1.54) is 0 Å². The van der Waals surface area contributed by atoms with E-state index in [1.54, 1.807) is 0 Å². The van der Waals surface area contributed by atoms with E-state index in [1.807, 2.05) is 0 Å². The summed E-state index contributed by atoms with van der Waals surface area (Å²) in [5.74, 6) is -0.213. The van der Waals surface area contributed by atoms with E-state index in [-0.39, 0.29) is 21.6 Å². The van der Waals surface area contributed by atoms with E-state index in [0.717, 1.165) is 7.05 Å². The summed E-state index contributed by atoms with van der Waals surface area (Å²) in [6.45, 7) is 0. The first-order valence-electron chi connectivity index (χ1n) is 2.56. The third kappa shape index (κ3) is 2.13. The highest BCUT2D eigenvalue weighted by molar-refractivity contribution is 6.31. The Bertz CT molecular complexity index is 246. The Balaban J connectivity index is 3.08. The molecule has 0 aliphatic heterocycles. The quantitative estimate of drug-likeness (QED) is 0.639. The minimum Gasteiger partial charge on any atom is -0.187 e. The molecule has 0 N–H and O–H groups in total. The van der Waals surface area contributed by atoms with Crippen LogP contribution in [0.3, 0.4) is 0 Å². The van der Waals surface area contributed by atoms with Crippen LogP contribution in [-0.4, -0.2) is 22.0 Å². The second-order valence-electron chi connectivity index (χ2n) is 1.65. The Hall–Kier alpha value is -0.680. The van der Waals surface area contributed by atoms with Crippen LogP contribution in [-0.2, 0) is 0 Å². The normalized spacial score (nSPS) is 9.82. The number of aromatic nitrogens is 3. The Morgan fingerprint density at radius 2 is 1.64 bits per heavy atom. The maximum atomic E-state index is 12.4. The number of anilines is 1. The smallest absolute Gasteiger partial charge is 0.187 e. The monoisotopic (exact) mass is 196 g/mol. The molecule has 0 aliphatic carbocycles. The van der Waals surface area contributed by atoms with E-state index in [4.69, 9.17) is 23.2 Å².